The van der Waals surface area contributed by atoms with Crippen LogP contribution in [0.4, 0.5) is 0 Å². The summed E-state index contributed by atoms with van der Waals surface area (Å²) < 4.78 is 0. The fourth-order valence-corrected chi connectivity index (χ4v) is 2.48. The number of benzene rings is 1. The summed E-state index contributed by atoms with van der Waals surface area (Å²) >= 11 is 0. The summed E-state index contributed by atoms with van der Waals surface area (Å²) in [6.07, 6.45) is 2.34. The highest BCUT2D eigenvalue weighted by atomic mass is 16.1. The van der Waals surface area contributed by atoms with Crippen LogP contribution in [0, 0.1) is 6.92 Å². The van der Waals surface area contributed by atoms with Gasteiger partial charge in [-0.1, -0.05) is 19.1 Å². The van der Waals surface area contributed by atoms with Crippen LogP contribution in [0.15, 0.2) is 12.1 Å². The number of rotatable bonds is 1. The van der Waals surface area contributed by atoms with E-state index in [2.05, 4.69) is 19.9 Å². The van der Waals surface area contributed by atoms with Crippen LogP contribution in [0.1, 0.15) is 53.2 Å². The van der Waals surface area contributed by atoms with E-state index in [0.717, 1.165) is 12.0 Å². The van der Waals surface area contributed by atoms with Crippen molar-refractivity contribution in [2.24, 2.45) is 0 Å². The van der Waals surface area contributed by atoms with E-state index in [9.17, 15) is 4.79 Å². The number of ketones is 1. The van der Waals surface area contributed by atoms with Gasteiger partial charge >= 0.3 is 0 Å². The molecule has 1 unspecified atom stereocenters. The van der Waals surface area contributed by atoms with E-state index in [1.165, 1.54) is 23.1 Å². The van der Waals surface area contributed by atoms with Crippen LogP contribution < -0.4 is 0 Å². The van der Waals surface area contributed by atoms with Crippen molar-refractivity contribution < 1.29 is 4.79 Å². The number of hydrogen-bond donors (Lipinski definition) is 0. The molecule has 1 atom stereocenters. The molecule has 14 heavy (non-hydrogen) atoms. The van der Waals surface area contributed by atoms with Gasteiger partial charge in [-0.15, -0.1) is 0 Å². The van der Waals surface area contributed by atoms with E-state index in [-0.39, 0.29) is 5.78 Å². The largest absolute Gasteiger partial charge is 0.295 e. The maximum absolute atomic E-state index is 11.5. The quantitative estimate of drug-likeness (QED) is 0.618. The molecule has 0 amide bonds. The minimum Gasteiger partial charge on any atom is -0.295 e. The third kappa shape index (κ3) is 1.28. The summed E-state index contributed by atoms with van der Waals surface area (Å²) in [4.78, 5) is 11.5. The van der Waals surface area contributed by atoms with E-state index in [0.29, 0.717) is 5.92 Å². The maximum Gasteiger partial charge on any atom is 0.160 e. The minimum absolute atomic E-state index is 0.204. The average molecular weight is 188 g/mol. The van der Waals surface area contributed by atoms with Crippen LogP contribution in [0.25, 0.3) is 0 Å². The van der Waals surface area contributed by atoms with Gasteiger partial charge in [0.1, 0.15) is 0 Å². The normalized spacial score (nSPS) is 19.5. The maximum atomic E-state index is 11.5. The van der Waals surface area contributed by atoms with Gasteiger partial charge in [0.15, 0.2) is 5.78 Å². The Bertz CT molecular complexity index is 390. The van der Waals surface area contributed by atoms with Crippen molar-refractivity contribution in [1.82, 2.24) is 0 Å². The van der Waals surface area contributed by atoms with Crippen LogP contribution >= 0.6 is 0 Å². The van der Waals surface area contributed by atoms with Crippen LogP contribution in [0.2, 0.25) is 0 Å². The summed E-state index contributed by atoms with van der Waals surface area (Å²) in [6, 6.07) is 4.06. The number of carbonyl (C=O) groups is 1. The molecule has 0 aromatic heterocycles. The van der Waals surface area contributed by atoms with Crippen molar-refractivity contribution in [2.75, 3.05) is 0 Å². The standard InChI is InChI=1S/C13H16O/c1-8-4-7-12(10(3)14)13-9(2)5-6-11(8)13/h4,7,9H,5-6H2,1-3H3. The molecule has 74 valence electrons. The van der Waals surface area contributed by atoms with Gasteiger partial charge in [-0.2, -0.15) is 0 Å². The highest BCUT2D eigenvalue weighted by Gasteiger charge is 2.24. The molecule has 2 rings (SSSR count). The average Bonchev–Trinajstić information content (AvgIpc) is 2.50. The molecule has 1 aromatic carbocycles. The highest BCUT2D eigenvalue weighted by Crippen LogP contribution is 2.37. The van der Waals surface area contributed by atoms with Crippen molar-refractivity contribution in [1.29, 1.82) is 0 Å². The number of fused-ring (bicyclic) bond motifs is 1. The molecule has 0 saturated carbocycles. The Morgan fingerprint density at radius 1 is 1.43 bits per heavy atom. The lowest BCUT2D eigenvalue weighted by atomic mass is 9.93. The van der Waals surface area contributed by atoms with Crippen LogP contribution in [0.5, 0.6) is 0 Å². The molecule has 1 heteroatoms. The van der Waals surface area contributed by atoms with Gasteiger partial charge < -0.3 is 0 Å². The third-order valence-electron chi connectivity index (χ3n) is 3.29. The highest BCUT2D eigenvalue weighted by molar-refractivity contribution is 5.96. The van der Waals surface area contributed by atoms with E-state index >= 15 is 0 Å². The molecule has 0 bridgehead atoms. The first-order valence-electron chi connectivity index (χ1n) is 5.24. The molecule has 0 saturated heterocycles. The lowest BCUT2D eigenvalue weighted by Crippen LogP contribution is -2.02. The predicted molar refractivity (Wildman–Crippen MR) is 57.9 cm³/mol. The first-order chi connectivity index (χ1) is 6.61. The van der Waals surface area contributed by atoms with Crippen LogP contribution in [-0.2, 0) is 6.42 Å². The Kier molecular flexibility index (Phi) is 2.18. The molecular weight excluding hydrogens is 172 g/mol. The molecular formula is C13H16O. The molecule has 0 N–H and O–H groups in total. The van der Waals surface area contributed by atoms with Gasteiger partial charge in [0, 0.05) is 5.56 Å². The molecule has 1 aliphatic rings. The van der Waals surface area contributed by atoms with Crippen molar-refractivity contribution in [3.63, 3.8) is 0 Å². The number of hydrogen-bond acceptors (Lipinski definition) is 1. The topological polar surface area (TPSA) is 17.1 Å². The Hall–Kier alpha value is -1.11. The zero-order valence-electron chi connectivity index (χ0n) is 9.05. The summed E-state index contributed by atoms with van der Waals surface area (Å²) in [7, 11) is 0. The summed E-state index contributed by atoms with van der Waals surface area (Å²) in [6.45, 7) is 6.02. The van der Waals surface area contributed by atoms with Crippen molar-refractivity contribution in [3.05, 3.63) is 34.4 Å². The second kappa shape index (κ2) is 3.23. The van der Waals surface area contributed by atoms with Crippen LogP contribution in [0.3, 0.4) is 0 Å². The molecule has 1 aromatic rings. The molecule has 0 heterocycles. The van der Waals surface area contributed by atoms with Crippen molar-refractivity contribution in [3.8, 4) is 0 Å². The first-order valence-corrected chi connectivity index (χ1v) is 5.24. The minimum atomic E-state index is 0.204. The molecule has 0 aliphatic heterocycles. The van der Waals surface area contributed by atoms with Crippen molar-refractivity contribution in [2.45, 2.75) is 39.5 Å². The fourth-order valence-electron chi connectivity index (χ4n) is 2.48. The van der Waals surface area contributed by atoms with E-state index in [1.807, 2.05) is 6.07 Å². The molecule has 1 nitrogen and oxygen atoms in total. The number of carbonyl (C=O) groups excluding carboxylic acids is 1. The summed E-state index contributed by atoms with van der Waals surface area (Å²) in [5, 5.41) is 0. The summed E-state index contributed by atoms with van der Waals surface area (Å²) in [5.41, 5.74) is 5.02. The number of Topliss-reactive ketones (excluding diaryl/α,β-unsaturated/α-hetero) is 1. The van der Waals surface area contributed by atoms with Gasteiger partial charge in [0.05, 0.1) is 0 Å². The zero-order valence-corrected chi connectivity index (χ0v) is 9.05. The van der Waals surface area contributed by atoms with Crippen LogP contribution in [-0.4, -0.2) is 5.78 Å². The lowest BCUT2D eigenvalue weighted by molar-refractivity contribution is 0.101. The van der Waals surface area contributed by atoms with Crippen molar-refractivity contribution >= 4 is 5.78 Å². The summed E-state index contributed by atoms with van der Waals surface area (Å²) in [5.74, 6) is 0.763. The monoisotopic (exact) mass is 188 g/mol. The van der Waals surface area contributed by atoms with E-state index < -0.39 is 0 Å². The Balaban J connectivity index is 2.66. The van der Waals surface area contributed by atoms with Gasteiger partial charge in [0.25, 0.3) is 0 Å². The predicted octanol–water partition coefficient (Wildman–Crippen LogP) is 3.25. The second-order valence-electron chi connectivity index (χ2n) is 4.32. The first kappa shape index (κ1) is 9.45. The van der Waals surface area contributed by atoms with Gasteiger partial charge in [-0.25, -0.2) is 0 Å². The van der Waals surface area contributed by atoms with Gasteiger partial charge in [-0.3, -0.25) is 4.79 Å². The molecule has 0 spiro atoms. The zero-order chi connectivity index (χ0) is 10.3. The SMILES string of the molecule is CC(=O)c1ccc(C)c2c1C(C)CC2. The van der Waals surface area contributed by atoms with E-state index in [1.54, 1.807) is 6.92 Å². The lowest BCUT2D eigenvalue weighted by Gasteiger charge is -2.11. The molecule has 0 fully saturated rings. The smallest absolute Gasteiger partial charge is 0.160 e. The molecule has 0 radical (unpaired) electrons. The number of aryl methyl sites for hydroxylation is 1. The van der Waals surface area contributed by atoms with Gasteiger partial charge in [0.2, 0.25) is 0 Å². The Morgan fingerprint density at radius 3 is 2.79 bits per heavy atom. The Labute approximate surface area is 85.1 Å². The second-order valence-corrected chi connectivity index (χ2v) is 4.32. The van der Waals surface area contributed by atoms with E-state index in [4.69, 9.17) is 0 Å². The third-order valence-corrected chi connectivity index (χ3v) is 3.29. The molecule has 1 aliphatic carbocycles. The Morgan fingerprint density at radius 2 is 2.14 bits per heavy atom. The fraction of sp³-hybridized carbons (Fsp3) is 0.462. The van der Waals surface area contributed by atoms with Gasteiger partial charge in [-0.05, 0) is 49.3 Å².